The minimum atomic E-state index is 0.202. The molecule has 1 heterocycles. The van der Waals surface area contributed by atoms with Crippen molar-refractivity contribution < 1.29 is 0 Å². The molecule has 70 valence electrons. The molecule has 0 spiro atoms. The Balaban J connectivity index is 1.83. The fourth-order valence-corrected chi connectivity index (χ4v) is 2.16. The zero-order chi connectivity index (χ0) is 8.60. The molecular weight excluding hydrogens is 148 g/mol. The maximum Gasteiger partial charge on any atom is 0.0181 e. The Morgan fingerprint density at radius 1 is 1.33 bits per heavy atom. The number of nitrogens with zero attached hydrogens (tertiary/aromatic N) is 1. The number of hydrogen-bond acceptors (Lipinski definition) is 2. The predicted octanol–water partition coefficient (Wildman–Crippen LogP) is 1.21. The summed E-state index contributed by atoms with van der Waals surface area (Å²) in [5.74, 6) is 0.985. The Hall–Kier alpha value is -0.0800. The fraction of sp³-hybridized carbons (Fsp3) is 1.00. The highest BCUT2D eigenvalue weighted by Gasteiger charge is 2.35. The molecule has 0 aromatic heterocycles. The molecule has 12 heavy (non-hydrogen) atoms. The van der Waals surface area contributed by atoms with Gasteiger partial charge in [-0.2, -0.15) is 0 Å². The predicted molar refractivity (Wildman–Crippen MR) is 51.0 cm³/mol. The minimum absolute atomic E-state index is 0.202. The third-order valence-electron chi connectivity index (χ3n) is 3.37. The lowest BCUT2D eigenvalue weighted by atomic mass is 9.84. The van der Waals surface area contributed by atoms with E-state index in [1.165, 1.54) is 45.2 Å². The molecule has 1 saturated carbocycles. The second-order valence-corrected chi connectivity index (χ2v) is 4.81. The first-order valence-corrected chi connectivity index (χ1v) is 5.15. The van der Waals surface area contributed by atoms with Crippen LogP contribution in [0.3, 0.4) is 0 Å². The highest BCUT2D eigenvalue weighted by Crippen LogP contribution is 2.39. The van der Waals surface area contributed by atoms with Gasteiger partial charge in [0.2, 0.25) is 0 Å². The summed E-state index contributed by atoms with van der Waals surface area (Å²) in [4.78, 5) is 2.39. The maximum absolute atomic E-state index is 6.34. The molecule has 0 aromatic rings. The lowest BCUT2D eigenvalue weighted by Crippen LogP contribution is -2.49. The molecule has 2 N–H and O–H groups in total. The van der Waals surface area contributed by atoms with E-state index in [0.29, 0.717) is 0 Å². The van der Waals surface area contributed by atoms with Gasteiger partial charge in [0.15, 0.2) is 0 Å². The molecule has 1 aliphatic carbocycles. The van der Waals surface area contributed by atoms with Gasteiger partial charge in [-0.1, -0.05) is 12.8 Å². The fourth-order valence-electron chi connectivity index (χ4n) is 2.16. The van der Waals surface area contributed by atoms with Gasteiger partial charge in [0.25, 0.3) is 0 Å². The van der Waals surface area contributed by atoms with Crippen LogP contribution in [-0.4, -0.2) is 30.6 Å². The van der Waals surface area contributed by atoms with E-state index in [9.17, 15) is 0 Å². The minimum Gasteiger partial charge on any atom is -0.325 e. The molecule has 0 atom stereocenters. The van der Waals surface area contributed by atoms with Crippen molar-refractivity contribution in [3.63, 3.8) is 0 Å². The maximum atomic E-state index is 6.34. The summed E-state index contributed by atoms with van der Waals surface area (Å²) in [7, 11) is 2.19. The van der Waals surface area contributed by atoms with Crippen molar-refractivity contribution in [1.82, 2.24) is 4.90 Å². The summed E-state index contributed by atoms with van der Waals surface area (Å²) in [6.45, 7) is 2.40. The highest BCUT2D eigenvalue weighted by molar-refractivity contribution is 4.94. The van der Waals surface area contributed by atoms with E-state index >= 15 is 0 Å². The molecule has 2 fully saturated rings. The van der Waals surface area contributed by atoms with Crippen LogP contribution in [0, 0.1) is 5.92 Å². The van der Waals surface area contributed by atoms with Crippen LogP contribution in [0.1, 0.15) is 32.1 Å². The first-order chi connectivity index (χ1) is 5.68. The molecule has 0 bridgehead atoms. The number of piperidine rings is 1. The van der Waals surface area contributed by atoms with Crippen molar-refractivity contribution in [2.45, 2.75) is 37.6 Å². The average Bonchev–Trinajstić information content (AvgIpc) is 2.80. The van der Waals surface area contributed by atoms with Crippen LogP contribution in [0.15, 0.2) is 0 Å². The van der Waals surface area contributed by atoms with E-state index in [0.717, 1.165) is 5.92 Å². The van der Waals surface area contributed by atoms with Crippen LogP contribution in [0.2, 0.25) is 0 Å². The standard InChI is InChI=1S/C10H20N2/c1-12-6-4-10(11,5-7-12)8-9-2-3-9/h9H,2-8,11H2,1H3. The Labute approximate surface area is 75.1 Å². The van der Waals surface area contributed by atoms with Crippen LogP contribution < -0.4 is 5.73 Å². The van der Waals surface area contributed by atoms with Gasteiger partial charge < -0.3 is 10.6 Å². The summed E-state index contributed by atoms with van der Waals surface area (Å²) >= 11 is 0. The molecule has 2 heteroatoms. The van der Waals surface area contributed by atoms with Gasteiger partial charge in [0.1, 0.15) is 0 Å². The van der Waals surface area contributed by atoms with E-state index in [-0.39, 0.29) is 5.54 Å². The van der Waals surface area contributed by atoms with Gasteiger partial charge in [-0.25, -0.2) is 0 Å². The monoisotopic (exact) mass is 168 g/mol. The van der Waals surface area contributed by atoms with E-state index in [2.05, 4.69) is 11.9 Å². The van der Waals surface area contributed by atoms with Gasteiger partial charge in [0, 0.05) is 5.54 Å². The van der Waals surface area contributed by atoms with Gasteiger partial charge in [0.05, 0.1) is 0 Å². The second-order valence-electron chi connectivity index (χ2n) is 4.81. The van der Waals surface area contributed by atoms with Gasteiger partial charge >= 0.3 is 0 Å². The van der Waals surface area contributed by atoms with Crippen molar-refractivity contribution in [3.8, 4) is 0 Å². The van der Waals surface area contributed by atoms with Crippen molar-refractivity contribution in [3.05, 3.63) is 0 Å². The number of likely N-dealkylation sites (tertiary alicyclic amines) is 1. The zero-order valence-corrected chi connectivity index (χ0v) is 8.05. The van der Waals surface area contributed by atoms with Crippen molar-refractivity contribution in [2.24, 2.45) is 11.7 Å². The van der Waals surface area contributed by atoms with Gasteiger partial charge in [-0.15, -0.1) is 0 Å². The first kappa shape index (κ1) is 8.52. The highest BCUT2D eigenvalue weighted by atomic mass is 15.1. The zero-order valence-electron chi connectivity index (χ0n) is 8.05. The molecule has 2 nitrogen and oxygen atoms in total. The summed E-state index contributed by atoms with van der Waals surface area (Å²) in [6.07, 6.45) is 6.59. The lowest BCUT2D eigenvalue weighted by molar-refractivity contribution is 0.177. The topological polar surface area (TPSA) is 29.3 Å². The molecule has 2 rings (SSSR count). The molecular formula is C10H20N2. The summed E-state index contributed by atoms with van der Waals surface area (Å²) in [5, 5.41) is 0. The van der Waals surface area contributed by atoms with E-state index in [4.69, 9.17) is 5.73 Å². The number of nitrogens with two attached hydrogens (primary N) is 1. The van der Waals surface area contributed by atoms with Gasteiger partial charge in [-0.05, 0) is 45.3 Å². The Bertz CT molecular complexity index is 155. The Morgan fingerprint density at radius 2 is 1.92 bits per heavy atom. The van der Waals surface area contributed by atoms with E-state index in [1.54, 1.807) is 0 Å². The van der Waals surface area contributed by atoms with E-state index in [1.807, 2.05) is 0 Å². The number of hydrogen-bond donors (Lipinski definition) is 1. The molecule has 0 unspecified atom stereocenters. The molecule has 1 saturated heterocycles. The van der Waals surface area contributed by atoms with Crippen LogP contribution in [0.5, 0.6) is 0 Å². The summed E-state index contributed by atoms with van der Waals surface area (Å²) in [5.41, 5.74) is 6.54. The lowest BCUT2D eigenvalue weighted by Gasteiger charge is -2.37. The first-order valence-electron chi connectivity index (χ1n) is 5.15. The second kappa shape index (κ2) is 3.00. The summed E-state index contributed by atoms with van der Waals surface area (Å²) in [6, 6.07) is 0. The largest absolute Gasteiger partial charge is 0.325 e. The molecule has 2 aliphatic rings. The van der Waals surface area contributed by atoms with Crippen molar-refractivity contribution >= 4 is 0 Å². The van der Waals surface area contributed by atoms with Gasteiger partial charge in [-0.3, -0.25) is 0 Å². The van der Waals surface area contributed by atoms with Crippen molar-refractivity contribution in [2.75, 3.05) is 20.1 Å². The van der Waals surface area contributed by atoms with Crippen molar-refractivity contribution in [1.29, 1.82) is 0 Å². The third kappa shape index (κ3) is 1.99. The quantitative estimate of drug-likeness (QED) is 0.671. The molecule has 1 aliphatic heterocycles. The smallest absolute Gasteiger partial charge is 0.0181 e. The average molecular weight is 168 g/mol. The van der Waals surface area contributed by atoms with Crippen LogP contribution in [0.25, 0.3) is 0 Å². The van der Waals surface area contributed by atoms with Crippen LogP contribution in [-0.2, 0) is 0 Å². The molecule has 0 aromatic carbocycles. The van der Waals surface area contributed by atoms with Crippen LogP contribution >= 0.6 is 0 Å². The van der Waals surface area contributed by atoms with Crippen LogP contribution in [0.4, 0.5) is 0 Å². The van der Waals surface area contributed by atoms with E-state index < -0.39 is 0 Å². The molecule has 0 radical (unpaired) electrons. The Kier molecular flexibility index (Phi) is 2.13. The molecule has 0 amide bonds. The SMILES string of the molecule is CN1CCC(N)(CC2CC2)CC1. The normalized spacial score (nSPS) is 30.5. The summed E-state index contributed by atoms with van der Waals surface area (Å²) < 4.78 is 0. The number of rotatable bonds is 2. The third-order valence-corrected chi connectivity index (χ3v) is 3.37. The Morgan fingerprint density at radius 3 is 2.42 bits per heavy atom.